The normalized spacial score (nSPS) is 19.6. The Hall–Kier alpha value is -2.41. The molecule has 7 nitrogen and oxygen atoms in total. The molecule has 1 aliphatic heterocycles. The molecular formula is C17H21N5O2. The molecule has 0 bridgehead atoms. The van der Waals surface area contributed by atoms with Gasteiger partial charge in [0.05, 0.1) is 36.8 Å². The van der Waals surface area contributed by atoms with Gasteiger partial charge < -0.3 is 15.0 Å². The summed E-state index contributed by atoms with van der Waals surface area (Å²) < 4.78 is 7.62. The number of nitrogens with zero attached hydrogens (tertiary/aromatic N) is 4. The second kappa shape index (κ2) is 6.24. The fourth-order valence-corrected chi connectivity index (χ4v) is 3.54. The number of morpholine rings is 1. The van der Waals surface area contributed by atoms with E-state index in [0.717, 1.165) is 12.8 Å². The number of carbonyl (C=O) groups is 1. The van der Waals surface area contributed by atoms with Crippen molar-refractivity contribution < 1.29 is 9.53 Å². The van der Waals surface area contributed by atoms with Crippen LogP contribution in [0.1, 0.15) is 25.7 Å². The molecule has 0 radical (unpaired) electrons. The highest BCUT2D eigenvalue weighted by atomic mass is 16.5. The van der Waals surface area contributed by atoms with Gasteiger partial charge in [0.25, 0.3) is 0 Å². The molecule has 1 spiro atoms. The van der Waals surface area contributed by atoms with Crippen LogP contribution in [-0.4, -0.2) is 51.0 Å². The Balaban J connectivity index is 1.42. The first kappa shape index (κ1) is 15.1. The number of aromatic nitrogens is 3. The van der Waals surface area contributed by atoms with Crippen LogP contribution in [-0.2, 0) is 4.74 Å². The van der Waals surface area contributed by atoms with E-state index in [1.165, 1.54) is 12.8 Å². The van der Waals surface area contributed by atoms with E-state index in [4.69, 9.17) is 4.74 Å². The van der Waals surface area contributed by atoms with Crippen molar-refractivity contribution in [3.8, 4) is 5.82 Å². The second-order valence-corrected chi connectivity index (χ2v) is 6.45. The molecule has 3 heterocycles. The number of urea groups is 1. The fraction of sp³-hybridized carbons (Fsp3) is 0.471. The summed E-state index contributed by atoms with van der Waals surface area (Å²) in [4.78, 5) is 18.7. The summed E-state index contributed by atoms with van der Waals surface area (Å²) >= 11 is 0. The third kappa shape index (κ3) is 2.99. The van der Waals surface area contributed by atoms with Crippen LogP contribution in [0.5, 0.6) is 0 Å². The van der Waals surface area contributed by atoms with E-state index in [-0.39, 0.29) is 11.6 Å². The molecule has 0 unspecified atom stereocenters. The predicted molar refractivity (Wildman–Crippen MR) is 89.1 cm³/mol. The lowest BCUT2D eigenvalue weighted by Crippen LogP contribution is -2.53. The summed E-state index contributed by atoms with van der Waals surface area (Å²) in [5.74, 6) is 0.717. The Kier molecular flexibility index (Phi) is 3.93. The largest absolute Gasteiger partial charge is 0.371 e. The van der Waals surface area contributed by atoms with Gasteiger partial charge in [-0.05, 0) is 25.0 Å². The molecule has 4 rings (SSSR count). The van der Waals surface area contributed by atoms with E-state index < -0.39 is 0 Å². The van der Waals surface area contributed by atoms with Crippen molar-refractivity contribution in [3.05, 3.63) is 36.8 Å². The molecule has 1 N–H and O–H groups in total. The molecule has 2 amide bonds. The summed E-state index contributed by atoms with van der Waals surface area (Å²) in [6.45, 7) is 1.91. The molecule has 1 saturated carbocycles. The minimum absolute atomic E-state index is 0.0925. The number of nitrogens with one attached hydrogen (secondary N) is 1. The molecular weight excluding hydrogens is 306 g/mol. The number of anilines is 1. The van der Waals surface area contributed by atoms with Crippen LogP contribution in [0.4, 0.5) is 10.5 Å². The third-order valence-corrected chi connectivity index (χ3v) is 4.77. The smallest absolute Gasteiger partial charge is 0.322 e. The maximum atomic E-state index is 12.6. The maximum absolute atomic E-state index is 12.6. The van der Waals surface area contributed by atoms with Crippen molar-refractivity contribution in [2.75, 3.05) is 25.0 Å². The van der Waals surface area contributed by atoms with Crippen molar-refractivity contribution in [1.82, 2.24) is 19.7 Å². The molecule has 1 saturated heterocycles. The van der Waals surface area contributed by atoms with Crippen LogP contribution in [0.3, 0.4) is 0 Å². The van der Waals surface area contributed by atoms with E-state index in [1.807, 2.05) is 23.1 Å². The number of hydrogen-bond donors (Lipinski definition) is 1. The summed E-state index contributed by atoms with van der Waals surface area (Å²) in [5.41, 5.74) is 0.547. The van der Waals surface area contributed by atoms with E-state index in [2.05, 4.69) is 15.4 Å². The number of rotatable bonds is 2. The van der Waals surface area contributed by atoms with Crippen LogP contribution < -0.4 is 5.32 Å². The molecule has 0 atom stereocenters. The van der Waals surface area contributed by atoms with Gasteiger partial charge in [-0.25, -0.2) is 14.5 Å². The topological polar surface area (TPSA) is 72.3 Å². The average molecular weight is 327 g/mol. The van der Waals surface area contributed by atoms with E-state index >= 15 is 0 Å². The predicted octanol–water partition coefficient (Wildman–Crippen LogP) is 2.44. The van der Waals surface area contributed by atoms with Crippen LogP contribution >= 0.6 is 0 Å². The first-order valence-electron chi connectivity index (χ1n) is 8.40. The first-order chi connectivity index (χ1) is 11.7. The average Bonchev–Trinajstić information content (AvgIpc) is 3.26. The fourth-order valence-electron chi connectivity index (χ4n) is 3.54. The lowest BCUT2D eigenvalue weighted by molar-refractivity contribution is -0.0914. The van der Waals surface area contributed by atoms with Gasteiger partial charge in [-0.15, -0.1) is 0 Å². The Labute approximate surface area is 140 Å². The van der Waals surface area contributed by atoms with Gasteiger partial charge in [-0.1, -0.05) is 18.9 Å². The van der Waals surface area contributed by atoms with Crippen LogP contribution in [0.2, 0.25) is 0 Å². The highest BCUT2D eigenvalue weighted by Gasteiger charge is 2.40. The monoisotopic (exact) mass is 327 g/mol. The van der Waals surface area contributed by atoms with E-state index in [0.29, 0.717) is 31.2 Å². The SMILES string of the molecule is O=C(Nc1cnn(-c2ccccn2)c1)N1CCOC2(CCCC2)C1. The first-order valence-corrected chi connectivity index (χ1v) is 8.40. The summed E-state index contributed by atoms with van der Waals surface area (Å²) in [6, 6.07) is 5.53. The molecule has 2 aliphatic rings. The quantitative estimate of drug-likeness (QED) is 0.919. The van der Waals surface area contributed by atoms with Crippen LogP contribution in [0.15, 0.2) is 36.8 Å². The number of pyridine rings is 1. The zero-order valence-electron chi connectivity index (χ0n) is 13.5. The van der Waals surface area contributed by atoms with E-state index in [9.17, 15) is 4.79 Å². The molecule has 1 aliphatic carbocycles. The van der Waals surface area contributed by atoms with Crippen molar-refractivity contribution in [3.63, 3.8) is 0 Å². The lowest BCUT2D eigenvalue weighted by Gasteiger charge is -2.40. The third-order valence-electron chi connectivity index (χ3n) is 4.77. The lowest BCUT2D eigenvalue weighted by atomic mass is 10.00. The number of ether oxygens (including phenoxy) is 1. The van der Waals surface area contributed by atoms with Crippen molar-refractivity contribution in [1.29, 1.82) is 0 Å². The standard InChI is InChI=1S/C17H21N5O2/c23-16(21-9-10-24-17(13-21)6-2-3-7-17)20-14-11-19-22(12-14)15-5-1-4-8-18-15/h1,4-5,8,11-12H,2-3,6-7,9-10,13H2,(H,20,23). The Morgan fingerprint density at radius 2 is 2.17 bits per heavy atom. The highest BCUT2D eigenvalue weighted by Crippen LogP contribution is 2.35. The molecule has 0 aromatic carbocycles. The maximum Gasteiger partial charge on any atom is 0.322 e. The van der Waals surface area contributed by atoms with Gasteiger partial charge in [-0.3, -0.25) is 0 Å². The summed E-state index contributed by atoms with van der Waals surface area (Å²) in [5, 5.41) is 7.18. The molecule has 2 aromatic rings. The zero-order valence-corrected chi connectivity index (χ0v) is 13.5. The summed E-state index contributed by atoms with van der Waals surface area (Å²) in [6.07, 6.45) is 9.59. The van der Waals surface area contributed by atoms with Gasteiger partial charge in [0, 0.05) is 12.7 Å². The molecule has 2 fully saturated rings. The Bertz CT molecular complexity index is 709. The van der Waals surface area contributed by atoms with Gasteiger partial charge in [0.2, 0.25) is 0 Å². The zero-order chi connectivity index (χ0) is 16.4. The number of carbonyl (C=O) groups excluding carboxylic acids is 1. The molecule has 24 heavy (non-hydrogen) atoms. The molecule has 7 heteroatoms. The minimum atomic E-state index is -0.117. The van der Waals surface area contributed by atoms with Gasteiger partial charge in [0.1, 0.15) is 0 Å². The highest BCUT2D eigenvalue weighted by molar-refractivity contribution is 5.89. The van der Waals surface area contributed by atoms with Crippen LogP contribution in [0, 0.1) is 0 Å². The Morgan fingerprint density at radius 3 is 2.96 bits per heavy atom. The van der Waals surface area contributed by atoms with Gasteiger partial charge in [-0.2, -0.15) is 5.10 Å². The second-order valence-electron chi connectivity index (χ2n) is 6.45. The molecule has 126 valence electrons. The van der Waals surface area contributed by atoms with Crippen molar-refractivity contribution >= 4 is 11.7 Å². The Morgan fingerprint density at radius 1 is 1.29 bits per heavy atom. The van der Waals surface area contributed by atoms with Crippen LogP contribution in [0.25, 0.3) is 5.82 Å². The van der Waals surface area contributed by atoms with Gasteiger partial charge >= 0.3 is 6.03 Å². The van der Waals surface area contributed by atoms with Gasteiger partial charge in [0.15, 0.2) is 5.82 Å². The minimum Gasteiger partial charge on any atom is -0.371 e. The summed E-state index contributed by atoms with van der Waals surface area (Å²) in [7, 11) is 0. The van der Waals surface area contributed by atoms with Crippen molar-refractivity contribution in [2.45, 2.75) is 31.3 Å². The molecule has 2 aromatic heterocycles. The number of hydrogen-bond acceptors (Lipinski definition) is 4. The van der Waals surface area contributed by atoms with E-state index in [1.54, 1.807) is 23.3 Å². The number of amides is 2. The van der Waals surface area contributed by atoms with Crippen molar-refractivity contribution in [2.24, 2.45) is 0 Å².